The number of benzene rings is 1. The number of guanidine groups is 1. The van der Waals surface area contributed by atoms with Crippen LogP contribution in [0.25, 0.3) is 0 Å². The quantitative estimate of drug-likeness (QED) is 0.370. The first kappa shape index (κ1) is 22.4. The van der Waals surface area contributed by atoms with E-state index < -0.39 is 10.0 Å². The van der Waals surface area contributed by atoms with Gasteiger partial charge in [-0.3, -0.25) is 4.99 Å². The summed E-state index contributed by atoms with van der Waals surface area (Å²) in [7, 11) is -1.56. The summed E-state index contributed by atoms with van der Waals surface area (Å²) in [4.78, 5) is 6.37. The Hall–Kier alpha value is -1.84. The Bertz CT molecular complexity index is 702. The topological polar surface area (TPSA) is 83.5 Å². The van der Waals surface area contributed by atoms with Crippen LogP contribution in [0.4, 0.5) is 0 Å². The zero-order chi connectivity index (χ0) is 20.4. The summed E-state index contributed by atoms with van der Waals surface area (Å²) >= 11 is 0. The molecule has 0 atom stereocenters. The van der Waals surface area contributed by atoms with Crippen molar-refractivity contribution in [2.45, 2.75) is 20.0 Å². The highest BCUT2D eigenvalue weighted by atomic mass is 32.2. The first-order chi connectivity index (χ1) is 13.4. The molecular weight excluding hydrogens is 380 g/mol. The van der Waals surface area contributed by atoms with Gasteiger partial charge in [0.15, 0.2) is 5.96 Å². The second-order valence-electron chi connectivity index (χ2n) is 6.76. The minimum Gasteiger partial charge on any atom is -0.492 e. The van der Waals surface area contributed by atoms with Gasteiger partial charge in [0.05, 0.1) is 25.0 Å². The molecular formula is C19H32N4O4S. The highest BCUT2D eigenvalue weighted by Gasteiger charge is 2.27. The van der Waals surface area contributed by atoms with Crippen LogP contribution >= 0.6 is 0 Å². The fourth-order valence-corrected chi connectivity index (χ4v) is 4.16. The lowest BCUT2D eigenvalue weighted by Gasteiger charge is -2.35. The molecule has 1 aliphatic rings. The Kier molecular flexibility index (Phi) is 9.01. The molecule has 1 N–H and O–H groups in total. The fraction of sp³-hybridized carbons (Fsp3) is 0.632. The van der Waals surface area contributed by atoms with E-state index in [2.05, 4.69) is 15.2 Å². The molecule has 2 rings (SSSR count). The van der Waals surface area contributed by atoms with E-state index in [0.717, 1.165) is 11.7 Å². The van der Waals surface area contributed by atoms with E-state index in [4.69, 9.17) is 9.47 Å². The van der Waals surface area contributed by atoms with E-state index in [1.54, 1.807) is 11.4 Å². The maximum atomic E-state index is 12.4. The van der Waals surface area contributed by atoms with Crippen molar-refractivity contribution in [1.82, 2.24) is 14.5 Å². The SMILES string of the molecule is CN=C(NCCOc1ccccc1)N1CCN(S(=O)(=O)CCOC(C)C)CC1. The molecule has 1 aliphatic heterocycles. The summed E-state index contributed by atoms with van der Waals surface area (Å²) in [6, 6.07) is 9.65. The van der Waals surface area contributed by atoms with Crippen LogP contribution in [-0.4, -0.2) is 88.4 Å². The van der Waals surface area contributed by atoms with Gasteiger partial charge in [-0.1, -0.05) is 18.2 Å². The second-order valence-corrected chi connectivity index (χ2v) is 8.85. The molecule has 9 heteroatoms. The van der Waals surface area contributed by atoms with Crippen molar-refractivity contribution in [3.05, 3.63) is 30.3 Å². The van der Waals surface area contributed by atoms with E-state index in [0.29, 0.717) is 39.3 Å². The number of hydrogen-bond donors (Lipinski definition) is 1. The summed E-state index contributed by atoms with van der Waals surface area (Å²) in [5, 5.41) is 3.27. The molecule has 0 amide bonds. The van der Waals surface area contributed by atoms with Crippen molar-refractivity contribution in [2.75, 3.05) is 58.7 Å². The van der Waals surface area contributed by atoms with Crippen LogP contribution in [0.2, 0.25) is 0 Å². The molecule has 1 fully saturated rings. The smallest absolute Gasteiger partial charge is 0.216 e. The molecule has 1 saturated heterocycles. The third kappa shape index (κ3) is 7.29. The monoisotopic (exact) mass is 412 g/mol. The maximum absolute atomic E-state index is 12.4. The van der Waals surface area contributed by atoms with Gasteiger partial charge in [-0.2, -0.15) is 4.31 Å². The normalized spacial score (nSPS) is 16.4. The first-order valence-electron chi connectivity index (χ1n) is 9.65. The molecule has 0 saturated carbocycles. The molecule has 0 aliphatic carbocycles. The van der Waals surface area contributed by atoms with Crippen LogP contribution in [-0.2, 0) is 14.8 Å². The summed E-state index contributed by atoms with van der Waals surface area (Å²) in [6.07, 6.45) is 0.0346. The number of sulfonamides is 1. The number of aliphatic imine (C=N–C) groups is 1. The molecule has 0 radical (unpaired) electrons. The van der Waals surface area contributed by atoms with Gasteiger partial charge in [0.2, 0.25) is 10.0 Å². The van der Waals surface area contributed by atoms with Gasteiger partial charge in [-0.25, -0.2) is 8.42 Å². The lowest BCUT2D eigenvalue weighted by Crippen LogP contribution is -2.54. The third-order valence-corrected chi connectivity index (χ3v) is 6.17. The van der Waals surface area contributed by atoms with Gasteiger partial charge in [0.25, 0.3) is 0 Å². The molecule has 1 aromatic carbocycles. The zero-order valence-corrected chi connectivity index (χ0v) is 17.8. The average molecular weight is 413 g/mol. The third-order valence-electron chi connectivity index (χ3n) is 4.33. The molecule has 0 bridgehead atoms. The number of hydrogen-bond acceptors (Lipinski definition) is 5. The average Bonchev–Trinajstić information content (AvgIpc) is 2.68. The molecule has 0 aromatic heterocycles. The number of rotatable bonds is 9. The number of ether oxygens (including phenoxy) is 2. The number of nitrogens with one attached hydrogen (secondary N) is 1. The molecule has 158 valence electrons. The Morgan fingerprint density at radius 1 is 1.14 bits per heavy atom. The van der Waals surface area contributed by atoms with Crippen molar-refractivity contribution in [1.29, 1.82) is 0 Å². The minimum absolute atomic E-state index is 0.0228. The van der Waals surface area contributed by atoms with Gasteiger partial charge in [-0.15, -0.1) is 0 Å². The van der Waals surface area contributed by atoms with Gasteiger partial charge in [0, 0.05) is 33.2 Å². The van der Waals surface area contributed by atoms with Gasteiger partial charge in [0.1, 0.15) is 12.4 Å². The summed E-state index contributed by atoms with van der Waals surface area (Å²) in [6.45, 7) is 7.26. The van der Waals surface area contributed by atoms with E-state index in [9.17, 15) is 8.42 Å². The van der Waals surface area contributed by atoms with Crippen LogP contribution in [0, 0.1) is 0 Å². The van der Waals surface area contributed by atoms with Crippen molar-refractivity contribution < 1.29 is 17.9 Å². The molecule has 0 spiro atoms. The lowest BCUT2D eigenvalue weighted by atomic mass is 10.3. The summed E-state index contributed by atoms with van der Waals surface area (Å²) < 4.78 is 37.4. The molecule has 1 heterocycles. The Balaban J connectivity index is 1.72. The van der Waals surface area contributed by atoms with Crippen molar-refractivity contribution in [2.24, 2.45) is 4.99 Å². The van der Waals surface area contributed by atoms with Crippen molar-refractivity contribution in [3.63, 3.8) is 0 Å². The van der Waals surface area contributed by atoms with E-state index >= 15 is 0 Å². The first-order valence-corrected chi connectivity index (χ1v) is 11.3. The van der Waals surface area contributed by atoms with Crippen LogP contribution in [0.5, 0.6) is 5.75 Å². The minimum atomic E-state index is -3.29. The van der Waals surface area contributed by atoms with Crippen LogP contribution in [0.1, 0.15) is 13.8 Å². The molecule has 28 heavy (non-hydrogen) atoms. The Morgan fingerprint density at radius 3 is 2.43 bits per heavy atom. The Labute approximate surface area is 168 Å². The van der Waals surface area contributed by atoms with E-state index in [1.807, 2.05) is 44.2 Å². The van der Waals surface area contributed by atoms with Gasteiger partial charge in [-0.05, 0) is 26.0 Å². The molecule has 8 nitrogen and oxygen atoms in total. The van der Waals surface area contributed by atoms with E-state index in [1.165, 1.54) is 0 Å². The standard InChI is InChI=1S/C19H32N4O4S/c1-17(2)26-15-16-28(24,25)23-12-10-22(11-13-23)19(20-3)21-9-14-27-18-7-5-4-6-8-18/h4-8,17H,9-16H2,1-3H3,(H,20,21). The van der Waals surface area contributed by atoms with Crippen LogP contribution in [0.15, 0.2) is 35.3 Å². The Morgan fingerprint density at radius 2 is 1.82 bits per heavy atom. The summed E-state index contributed by atoms with van der Waals surface area (Å²) in [5.74, 6) is 1.62. The van der Waals surface area contributed by atoms with Gasteiger partial charge < -0.3 is 19.7 Å². The lowest BCUT2D eigenvalue weighted by molar-refractivity contribution is 0.0904. The second kappa shape index (κ2) is 11.2. The van der Waals surface area contributed by atoms with Gasteiger partial charge >= 0.3 is 0 Å². The van der Waals surface area contributed by atoms with E-state index in [-0.39, 0.29) is 18.5 Å². The number of para-hydroxylation sites is 1. The highest BCUT2D eigenvalue weighted by molar-refractivity contribution is 7.89. The highest BCUT2D eigenvalue weighted by Crippen LogP contribution is 2.09. The van der Waals surface area contributed by atoms with Crippen molar-refractivity contribution in [3.8, 4) is 5.75 Å². The maximum Gasteiger partial charge on any atom is 0.216 e. The fourth-order valence-electron chi connectivity index (χ4n) is 2.88. The van der Waals surface area contributed by atoms with Crippen LogP contribution in [0.3, 0.4) is 0 Å². The van der Waals surface area contributed by atoms with Crippen molar-refractivity contribution >= 4 is 16.0 Å². The zero-order valence-electron chi connectivity index (χ0n) is 17.0. The van der Waals surface area contributed by atoms with Crippen LogP contribution < -0.4 is 10.1 Å². The predicted molar refractivity (Wildman–Crippen MR) is 111 cm³/mol. The predicted octanol–water partition coefficient (Wildman–Crippen LogP) is 1.01. The molecule has 1 aromatic rings. The molecule has 0 unspecified atom stereocenters. The summed E-state index contributed by atoms with van der Waals surface area (Å²) in [5.41, 5.74) is 0. The number of nitrogens with zero attached hydrogens (tertiary/aromatic N) is 3. The largest absolute Gasteiger partial charge is 0.492 e. The number of piperazine rings is 1.